The second kappa shape index (κ2) is 7.15. The van der Waals surface area contributed by atoms with Gasteiger partial charge in [0.2, 0.25) is 5.91 Å². The van der Waals surface area contributed by atoms with E-state index < -0.39 is 0 Å². The Morgan fingerprint density at radius 2 is 2.17 bits per heavy atom. The van der Waals surface area contributed by atoms with Gasteiger partial charge in [0.05, 0.1) is 11.9 Å². The SMILES string of the molecule is CCN(CC)C(=O)CCNc1cn[nH]c(=O)c1Br. The molecular formula is C11H17BrN4O2. The number of carbonyl (C=O) groups excluding carboxylic acids is 1. The summed E-state index contributed by atoms with van der Waals surface area (Å²) in [6.07, 6.45) is 1.90. The lowest BCUT2D eigenvalue weighted by molar-refractivity contribution is -0.130. The molecule has 0 radical (unpaired) electrons. The fraction of sp³-hybridized carbons (Fsp3) is 0.545. The molecule has 0 spiro atoms. The Kier molecular flexibility index (Phi) is 5.84. The lowest BCUT2D eigenvalue weighted by Crippen LogP contribution is -2.31. The van der Waals surface area contributed by atoms with Gasteiger partial charge in [-0.1, -0.05) is 0 Å². The van der Waals surface area contributed by atoms with Crippen molar-refractivity contribution in [3.63, 3.8) is 0 Å². The molecule has 0 saturated heterocycles. The molecule has 100 valence electrons. The molecule has 0 aliphatic heterocycles. The Hall–Kier alpha value is -1.37. The molecule has 0 unspecified atom stereocenters. The average molecular weight is 317 g/mol. The molecule has 0 aliphatic carbocycles. The van der Waals surface area contributed by atoms with E-state index in [0.29, 0.717) is 36.2 Å². The minimum Gasteiger partial charge on any atom is -0.382 e. The molecular weight excluding hydrogens is 300 g/mol. The van der Waals surface area contributed by atoms with Gasteiger partial charge in [-0.25, -0.2) is 5.10 Å². The number of carbonyl (C=O) groups is 1. The summed E-state index contributed by atoms with van der Waals surface area (Å²) in [5.74, 6) is 0.0985. The largest absolute Gasteiger partial charge is 0.382 e. The van der Waals surface area contributed by atoms with E-state index in [0.717, 1.165) is 0 Å². The molecule has 7 heteroatoms. The van der Waals surface area contributed by atoms with Crippen molar-refractivity contribution < 1.29 is 4.79 Å². The van der Waals surface area contributed by atoms with Crippen LogP contribution in [0.1, 0.15) is 20.3 Å². The van der Waals surface area contributed by atoms with Crippen LogP contribution in [0.25, 0.3) is 0 Å². The lowest BCUT2D eigenvalue weighted by atomic mass is 10.3. The fourth-order valence-electron chi connectivity index (χ4n) is 1.55. The summed E-state index contributed by atoms with van der Waals surface area (Å²) in [4.78, 5) is 24.8. The normalized spacial score (nSPS) is 10.2. The summed E-state index contributed by atoms with van der Waals surface area (Å²) in [5, 5.41) is 9.00. The maximum Gasteiger partial charge on any atom is 0.280 e. The Balaban J connectivity index is 2.49. The van der Waals surface area contributed by atoms with Crippen LogP contribution in [0.3, 0.4) is 0 Å². The predicted molar refractivity (Wildman–Crippen MR) is 73.6 cm³/mol. The van der Waals surface area contributed by atoms with Gasteiger partial charge in [0.15, 0.2) is 0 Å². The van der Waals surface area contributed by atoms with Crippen LogP contribution >= 0.6 is 15.9 Å². The first-order valence-corrected chi connectivity index (χ1v) is 6.64. The smallest absolute Gasteiger partial charge is 0.280 e. The molecule has 1 rings (SSSR count). The van der Waals surface area contributed by atoms with E-state index in [1.807, 2.05) is 13.8 Å². The van der Waals surface area contributed by atoms with E-state index in [4.69, 9.17) is 0 Å². The molecule has 0 aliphatic rings. The maximum atomic E-state index is 11.7. The molecule has 0 aromatic carbocycles. The quantitative estimate of drug-likeness (QED) is 0.826. The number of hydrogen-bond acceptors (Lipinski definition) is 4. The van der Waals surface area contributed by atoms with Crippen LogP contribution in [0.15, 0.2) is 15.5 Å². The van der Waals surface area contributed by atoms with Gasteiger partial charge in [0.1, 0.15) is 4.47 Å². The van der Waals surface area contributed by atoms with Crippen LogP contribution in [0, 0.1) is 0 Å². The van der Waals surface area contributed by atoms with Crippen molar-refractivity contribution in [3.05, 3.63) is 21.0 Å². The van der Waals surface area contributed by atoms with Gasteiger partial charge >= 0.3 is 0 Å². The summed E-state index contributed by atoms with van der Waals surface area (Å²) in [5.41, 5.74) is 0.293. The second-order valence-electron chi connectivity index (χ2n) is 3.67. The van der Waals surface area contributed by atoms with Gasteiger partial charge in [0, 0.05) is 26.1 Å². The number of aromatic nitrogens is 2. The van der Waals surface area contributed by atoms with Crippen molar-refractivity contribution in [1.29, 1.82) is 0 Å². The zero-order valence-electron chi connectivity index (χ0n) is 10.5. The third-order valence-electron chi connectivity index (χ3n) is 2.57. The van der Waals surface area contributed by atoms with Crippen LogP contribution in [0.5, 0.6) is 0 Å². The molecule has 1 aromatic heterocycles. The van der Waals surface area contributed by atoms with Gasteiger partial charge in [0.25, 0.3) is 5.56 Å². The van der Waals surface area contributed by atoms with E-state index in [1.165, 1.54) is 6.20 Å². The summed E-state index contributed by atoms with van der Waals surface area (Å²) in [6.45, 7) is 5.80. The number of aromatic amines is 1. The number of amides is 1. The Morgan fingerprint density at radius 3 is 2.78 bits per heavy atom. The first kappa shape index (κ1) is 14.7. The first-order valence-electron chi connectivity index (χ1n) is 5.85. The number of hydrogen-bond donors (Lipinski definition) is 2. The molecule has 2 N–H and O–H groups in total. The van der Waals surface area contributed by atoms with Gasteiger partial charge in [-0.2, -0.15) is 5.10 Å². The molecule has 0 bridgehead atoms. The van der Waals surface area contributed by atoms with E-state index in [2.05, 4.69) is 31.4 Å². The highest BCUT2D eigenvalue weighted by Gasteiger charge is 2.09. The Bertz CT molecular complexity index is 457. The minimum absolute atomic E-state index is 0.0985. The van der Waals surface area contributed by atoms with Gasteiger partial charge in [-0.3, -0.25) is 9.59 Å². The molecule has 0 saturated carbocycles. The van der Waals surface area contributed by atoms with Crippen LogP contribution in [0.4, 0.5) is 5.69 Å². The number of anilines is 1. The molecule has 1 heterocycles. The lowest BCUT2D eigenvalue weighted by Gasteiger charge is -2.18. The van der Waals surface area contributed by atoms with Crippen molar-refractivity contribution in [2.45, 2.75) is 20.3 Å². The van der Waals surface area contributed by atoms with Crippen molar-refractivity contribution in [2.75, 3.05) is 25.0 Å². The highest BCUT2D eigenvalue weighted by Crippen LogP contribution is 2.14. The van der Waals surface area contributed by atoms with Crippen molar-refractivity contribution in [3.8, 4) is 0 Å². The van der Waals surface area contributed by atoms with Crippen molar-refractivity contribution >= 4 is 27.5 Å². The maximum absolute atomic E-state index is 11.7. The van der Waals surface area contributed by atoms with Crippen molar-refractivity contribution in [2.24, 2.45) is 0 Å². The summed E-state index contributed by atoms with van der Waals surface area (Å²) >= 11 is 3.16. The van der Waals surface area contributed by atoms with Crippen molar-refractivity contribution in [1.82, 2.24) is 15.1 Å². The predicted octanol–water partition coefficient (Wildman–Crippen LogP) is 1.20. The molecule has 18 heavy (non-hydrogen) atoms. The Labute approximate surface area is 114 Å². The summed E-state index contributed by atoms with van der Waals surface area (Å²) in [6, 6.07) is 0. The molecule has 1 amide bonds. The van der Waals surface area contributed by atoms with Crippen LogP contribution in [0.2, 0.25) is 0 Å². The molecule has 0 fully saturated rings. The van der Waals surface area contributed by atoms with E-state index in [1.54, 1.807) is 4.90 Å². The molecule has 1 aromatic rings. The average Bonchev–Trinajstić information content (AvgIpc) is 2.36. The minimum atomic E-state index is -0.296. The third kappa shape index (κ3) is 3.83. The van der Waals surface area contributed by atoms with Gasteiger partial charge in [-0.05, 0) is 29.8 Å². The number of nitrogens with zero attached hydrogens (tertiary/aromatic N) is 2. The second-order valence-corrected chi connectivity index (χ2v) is 4.46. The van der Waals surface area contributed by atoms with E-state index in [-0.39, 0.29) is 11.5 Å². The van der Waals surface area contributed by atoms with Gasteiger partial charge < -0.3 is 10.2 Å². The number of nitrogens with one attached hydrogen (secondary N) is 2. The van der Waals surface area contributed by atoms with E-state index in [9.17, 15) is 9.59 Å². The van der Waals surface area contributed by atoms with Crippen LogP contribution in [-0.4, -0.2) is 40.6 Å². The van der Waals surface area contributed by atoms with Crippen LogP contribution in [-0.2, 0) is 4.79 Å². The first-order chi connectivity index (χ1) is 8.60. The molecule has 0 atom stereocenters. The summed E-state index contributed by atoms with van der Waals surface area (Å²) < 4.78 is 0.396. The topological polar surface area (TPSA) is 78.1 Å². The monoisotopic (exact) mass is 316 g/mol. The van der Waals surface area contributed by atoms with E-state index >= 15 is 0 Å². The number of halogens is 1. The highest BCUT2D eigenvalue weighted by molar-refractivity contribution is 9.10. The van der Waals surface area contributed by atoms with Gasteiger partial charge in [-0.15, -0.1) is 0 Å². The Morgan fingerprint density at radius 1 is 1.50 bits per heavy atom. The standard InChI is InChI=1S/C11H17BrN4O2/c1-3-16(4-2)9(17)5-6-13-8-7-14-15-11(18)10(8)12/h7H,3-6H2,1-2H3,(H2,13,15,18). The fourth-order valence-corrected chi connectivity index (χ4v) is 1.88. The number of H-pyrrole nitrogens is 1. The highest BCUT2D eigenvalue weighted by atomic mass is 79.9. The number of rotatable bonds is 6. The zero-order valence-corrected chi connectivity index (χ0v) is 12.1. The summed E-state index contributed by atoms with van der Waals surface area (Å²) in [7, 11) is 0. The third-order valence-corrected chi connectivity index (χ3v) is 3.35. The zero-order chi connectivity index (χ0) is 13.5. The molecule has 6 nitrogen and oxygen atoms in total. The van der Waals surface area contributed by atoms with Crippen LogP contribution < -0.4 is 10.9 Å².